The van der Waals surface area contributed by atoms with E-state index >= 15 is 0 Å². The van der Waals surface area contributed by atoms with Crippen molar-refractivity contribution in [2.75, 3.05) is 6.61 Å². The van der Waals surface area contributed by atoms with Crippen LogP contribution in [0.1, 0.15) is 40.5 Å². The van der Waals surface area contributed by atoms with Crippen LogP contribution in [0.15, 0.2) is 23.0 Å². The molecule has 0 fully saturated rings. The number of fused-ring (bicyclic) bond motifs is 1. The molecule has 0 radical (unpaired) electrons. The van der Waals surface area contributed by atoms with Gasteiger partial charge in [0.15, 0.2) is 5.75 Å². The maximum absolute atomic E-state index is 12.5. The molecule has 0 saturated heterocycles. The minimum absolute atomic E-state index is 0.0479. The van der Waals surface area contributed by atoms with E-state index in [1.807, 2.05) is 39.0 Å². The maximum atomic E-state index is 12.5. The van der Waals surface area contributed by atoms with Crippen molar-refractivity contribution in [3.05, 3.63) is 28.6 Å². The highest BCUT2D eigenvalue weighted by molar-refractivity contribution is 5.88. The predicted molar refractivity (Wildman–Crippen MR) is 91.7 cm³/mol. The molecule has 0 amide bonds. The lowest BCUT2D eigenvalue weighted by atomic mass is 10.1. The second-order valence-corrected chi connectivity index (χ2v) is 5.77. The highest BCUT2D eigenvalue weighted by atomic mass is 16.5. The highest BCUT2D eigenvalue weighted by Gasteiger charge is 2.18. The molecule has 2 rings (SSSR count). The van der Waals surface area contributed by atoms with E-state index in [1.54, 1.807) is 4.57 Å². The van der Waals surface area contributed by atoms with Gasteiger partial charge in [0, 0.05) is 18.0 Å². The highest BCUT2D eigenvalue weighted by Crippen LogP contribution is 2.34. The summed E-state index contributed by atoms with van der Waals surface area (Å²) in [6.07, 6.45) is 1.87. The number of rotatable bonds is 7. The number of hydrogen-bond donors (Lipinski definition) is 1. The van der Waals surface area contributed by atoms with E-state index in [9.17, 15) is 9.90 Å². The number of aromatic nitrogens is 1. The third kappa shape index (κ3) is 3.60. The molecule has 0 aliphatic heterocycles. The summed E-state index contributed by atoms with van der Waals surface area (Å²) in [5, 5.41) is 11.0. The summed E-state index contributed by atoms with van der Waals surface area (Å²) in [5.41, 5.74) is 0.305. The smallest absolute Gasteiger partial charge is 0.297 e. The van der Waals surface area contributed by atoms with Crippen LogP contribution in [0.25, 0.3) is 10.9 Å². The lowest BCUT2D eigenvalue weighted by molar-refractivity contribution is 0.242. The first-order valence-corrected chi connectivity index (χ1v) is 8.18. The Labute approximate surface area is 136 Å². The Kier molecular flexibility index (Phi) is 5.53. The molecule has 1 heterocycles. The first-order valence-electron chi connectivity index (χ1n) is 8.18. The summed E-state index contributed by atoms with van der Waals surface area (Å²) in [4.78, 5) is 12.5. The van der Waals surface area contributed by atoms with E-state index in [-0.39, 0.29) is 17.6 Å². The molecule has 1 aromatic heterocycles. The molecule has 0 saturated carbocycles. The zero-order chi connectivity index (χ0) is 17.0. The molecule has 0 spiro atoms. The third-order valence-corrected chi connectivity index (χ3v) is 3.56. The number of aromatic hydroxyl groups is 1. The lowest BCUT2D eigenvalue weighted by Crippen LogP contribution is -2.21. The molecule has 23 heavy (non-hydrogen) atoms. The lowest BCUT2D eigenvalue weighted by Gasteiger charge is -2.17. The number of aryl methyl sites for hydroxylation is 1. The number of nitrogens with zero attached hydrogens (tertiary/aromatic N) is 1. The minimum atomic E-state index is -0.420. The van der Waals surface area contributed by atoms with E-state index in [4.69, 9.17) is 9.47 Å². The molecule has 0 aliphatic carbocycles. The fourth-order valence-electron chi connectivity index (χ4n) is 2.56. The van der Waals surface area contributed by atoms with Gasteiger partial charge in [-0.2, -0.15) is 0 Å². The molecule has 0 aliphatic rings. The molecule has 126 valence electrons. The summed E-state index contributed by atoms with van der Waals surface area (Å²) < 4.78 is 12.8. The van der Waals surface area contributed by atoms with Crippen LogP contribution in [-0.4, -0.2) is 22.4 Å². The quantitative estimate of drug-likeness (QED) is 0.845. The van der Waals surface area contributed by atoms with Crippen LogP contribution < -0.4 is 15.0 Å². The van der Waals surface area contributed by atoms with Crippen molar-refractivity contribution in [1.82, 2.24) is 4.57 Å². The van der Waals surface area contributed by atoms with Crippen molar-refractivity contribution in [3.63, 3.8) is 0 Å². The van der Waals surface area contributed by atoms with Gasteiger partial charge in [-0.05, 0) is 39.3 Å². The Hall–Kier alpha value is -2.17. The van der Waals surface area contributed by atoms with Gasteiger partial charge < -0.3 is 19.1 Å². The summed E-state index contributed by atoms with van der Waals surface area (Å²) in [6.45, 7) is 8.73. The standard InChI is InChI=1S/C18H25NO4/c1-5-7-10-19-15-11-13(23-12(3)4)8-9-14(15)17(22-6-2)16(20)18(19)21/h8-9,11-12,20H,5-7,10H2,1-4H3. The van der Waals surface area contributed by atoms with Crippen LogP contribution in [-0.2, 0) is 6.54 Å². The zero-order valence-electron chi connectivity index (χ0n) is 14.3. The number of pyridine rings is 1. The topological polar surface area (TPSA) is 60.7 Å². The zero-order valence-corrected chi connectivity index (χ0v) is 14.3. The Morgan fingerprint density at radius 2 is 2.00 bits per heavy atom. The van der Waals surface area contributed by atoms with Crippen LogP contribution in [0.5, 0.6) is 17.2 Å². The van der Waals surface area contributed by atoms with Crippen molar-refractivity contribution >= 4 is 10.9 Å². The second-order valence-electron chi connectivity index (χ2n) is 5.77. The van der Waals surface area contributed by atoms with Gasteiger partial charge >= 0.3 is 0 Å². The number of unbranched alkanes of at least 4 members (excludes halogenated alkanes) is 1. The fraction of sp³-hybridized carbons (Fsp3) is 0.500. The second kappa shape index (κ2) is 7.40. The monoisotopic (exact) mass is 319 g/mol. The van der Waals surface area contributed by atoms with Gasteiger partial charge in [0.2, 0.25) is 5.75 Å². The summed E-state index contributed by atoms with van der Waals surface area (Å²) in [7, 11) is 0. The third-order valence-electron chi connectivity index (χ3n) is 3.56. The molecular weight excluding hydrogens is 294 g/mol. The van der Waals surface area contributed by atoms with Gasteiger partial charge in [0.05, 0.1) is 18.2 Å². The summed E-state index contributed by atoms with van der Waals surface area (Å²) in [5.74, 6) is 0.620. The minimum Gasteiger partial charge on any atom is -0.500 e. The van der Waals surface area contributed by atoms with Gasteiger partial charge in [-0.3, -0.25) is 4.79 Å². The fourth-order valence-corrected chi connectivity index (χ4v) is 2.56. The molecule has 1 aromatic carbocycles. The number of hydrogen-bond acceptors (Lipinski definition) is 4. The van der Waals surface area contributed by atoms with Crippen LogP contribution in [0.4, 0.5) is 0 Å². The van der Waals surface area contributed by atoms with Gasteiger partial charge in [-0.15, -0.1) is 0 Å². The molecule has 0 unspecified atom stereocenters. The van der Waals surface area contributed by atoms with E-state index in [0.29, 0.717) is 18.9 Å². The summed E-state index contributed by atoms with van der Waals surface area (Å²) >= 11 is 0. The summed E-state index contributed by atoms with van der Waals surface area (Å²) in [6, 6.07) is 5.51. The van der Waals surface area contributed by atoms with Crippen LogP contribution in [0.3, 0.4) is 0 Å². The molecule has 5 heteroatoms. The predicted octanol–water partition coefficient (Wildman–Crippen LogP) is 3.69. The van der Waals surface area contributed by atoms with Gasteiger partial charge in [-0.1, -0.05) is 13.3 Å². The molecule has 2 aromatic rings. The van der Waals surface area contributed by atoms with E-state index in [0.717, 1.165) is 23.7 Å². The van der Waals surface area contributed by atoms with Gasteiger partial charge in [-0.25, -0.2) is 0 Å². The van der Waals surface area contributed by atoms with Crippen molar-refractivity contribution in [2.45, 2.75) is 53.2 Å². The van der Waals surface area contributed by atoms with E-state index < -0.39 is 5.56 Å². The molecule has 0 bridgehead atoms. The largest absolute Gasteiger partial charge is 0.500 e. The first kappa shape index (κ1) is 17.2. The first-order chi connectivity index (χ1) is 11.0. The number of benzene rings is 1. The van der Waals surface area contributed by atoms with Crippen molar-refractivity contribution < 1.29 is 14.6 Å². The maximum Gasteiger partial charge on any atom is 0.297 e. The molecule has 5 nitrogen and oxygen atoms in total. The van der Waals surface area contributed by atoms with Crippen molar-refractivity contribution in [2.24, 2.45) is 0 Å². The van der Waals surface area contributed by atoms with Crippen molar-refractivity contribution in [1.29, 1.82) is 0 Å². The molecule has 1 N–H and O–H groups in total. The van der Waals surface area contributed by atoms with Crippen molar-refractivity contribution in [3.8, 4) is 17.2 Å². The Morgan fingerprint density at radius 3 is 2.61 bits per heavy atom. The van der Waals surface area contributed by atoms with Gasteiger partial charge in [0.25, 0.3) is 5.56 Å². The van der Waals surface area contributed by atoms with Crippen LogP contribution >= 0.6 is 0 Å². The Bertz CT molecular complexity index is 734. The van der Waals surface area contributed by atoms with Crippen LogP contribution in [0, 0.1) is 0 Å². The molecule has 0 atom stereocenters. The average molecular weight is 319 g/mol. The van der Waals surface area contributed by atoms with E-state index in [2.05, 4.69) is 6.92 Å². The molecular formula is C18H25NO4. The average Bonchev–Trinajstić information content (AvgIpc) is 2.51. The Balaban J connectivity index is 2.70. The van der Waals surface area contributed by atoms with Crippen LogP contribution in [0.2, 0.25) is 0 Å². The SMILES string of the molecule is CCCCn1c(=O)c(O)c(OCC)c2ccc(OC(C)C)cc21. The van der Waals surface area contributed by atoms with E-state index in [1.165, 1.54) is 0 Å². The Morgan fingerprint density at radius 1 is 1.26 bits per heavy atom. The number of ether oxygens (including phenoxy) is 2. The van der Waals surface area contributed by atoms with Gasteiger partial charge in [0.1, 0.15) is 5.75 Å². The normalized spacial score (nSPS) is 11.2.